The maximum Gasteiger partial charge on any atom is 0.222 e. The normalized spacial score (nSPS) is 23.0. The van der Waals surface area contributed by atoms with Crippen LogP contribution in [0.25, 0.3) is 0 Å². The number of thiophene rings is 1. The number of carbonyl (C=O) groups excluding carboxylic acids is 1. The van der Waals surface area contributed by atoms with Crippen molar-refractivity contribution in [3.8, 4) is 0 Å². The molecule has 2 rings (SSSR count). The van der Waals surface area contributed by atoms with Gasteiger partial charge in [0.25, 0.3) is 0 Å². The van der Waals surface area contributed by atoms with E-state index < -0.39 is 0 Å². The van der Waals surface area contributed by atoms with Crippen LogP contribution in [-0.4, -0.2) is 35.1 Å². The van der Waals surface area contributed by atoms with Crippen molar-refractivity contribution in [2.75, 3.05) is 13.2 Å². The molecule has 2 heterocycles. The number of rotatable bonds is 5. The van der Waals surface area contributed by atoms with Crippen molar-refractivity contribution in [1.82, 2.24) is 4.90 Å². The number of aliphatic hydroxyl groups excluding tert-OH is 1. The van der Waals surface area contributed by atoms with E-state index >= 15 is 0 Å². The summed E-state index contributed by atoms with van der Waals surface area (Å²) in [5.74, 6) is 0.612. The first-order chi connectivity index (χ1) is 9.11. The fourth-order valence-electron chi connectivity index (χ4n) is 2.64. The third-order valence-corrected chi connectivity index (χ3v) is 5.52. The van der Waals surface area contributed by atoms with Crippen molar-refractivity contribution in [3.05, 3.63) is 20.8 Å². The standard InChI is InChI=1S/C14H20BrNO2S/c1-10-7-8-16(12(10)9-17)14(18)4-2-3-11-5-6-13(15)19-11/h5-6,10,12,17H,2-4,7-9H2,1H3. The molecule has 1 aromatic rings. The Hall–Kier alpha value is -0.390. The van der Waals surface area contributed by atoms with Crippen LogP contribution in [-0.2, 0) is 11.2 Å². The van der Waals surface area contributed by atoms with Crippen LogP contribution >= 0.6 is 27.3 Å². The Balaban J connectivity index is 1.78. The average molecular weight is 346 g/mol. The zero-order valence-electron chi connectivity index (χ0n) is 11.1. The molecule has 5 heteroatoms. The maximum atomic E-state index is 12.2. The van der Waals surface area contributed by atoms with Crippen LogP contribution in [0, 0.1) is 5.92 Å². The minimum atomic E-state index is 0.0309. The van der Waals surface area contributed by atoms with Gasteiger partial charge in [-0.05, 0) is 53.2 Å². The van der Waals surface area contributed by atoms with Gasteiger partial charge in [0.15, 0.2) is 0 Å². The van der Waals surface area contributed by atoms with Gasteiger partial charge in [0.2, 0.25) is 5.91 Å². The number of aliphatic hydroxyl groups is 1. The first kappa shape index (κ1) is 15.0. The van der Waals surface area contributed by atoms with E-state index in [0.29, 0.717) is 12.3 Å². The smallest absolute Gasteiger partial charge is 0.222 e. The summed E-state index contributed by atoms with van der Waals surface area (Å²) in [6.07, 6.45) is 3.43. The number of carbonyl (C=O) groups is 1. The minimum absolute atomic E-state index is 0.0309. The molecular formula is C14H20BrNO2S. The molecule has 2 atom stereocenters. The molecular weight excluding hydrogens is 326 g/mol. The molecule has 1 saturated heterocycles. The predicted octanol–water partition coefficient (Wildman–Crippen LogP) is 3.06. The van der Waals surface area contributed by atoms with Crippen molar-refractivity contribution in [3.63, 3.8) is 0 Å². The van der Waals surface area contributed by atoms with E-state index in [9.17, 15) is 9.90 Å². The Bertz CT molecular complexity index is 435. The van der Waals surface area contributed by atoms with Crippen LogP contribution in [0.3, 0.4) is 0 Å². The molecule has 0 aliphatic carbocycles. The molecule has 1 amide bonds. The van der Waals surface area contributed by atoms with E-state index in [1.807, 2.05) is 11.0 Å². The summed E-state index contributed by atoms with van der Waals surface area (Å²) in [6, 6.07) is 4.18. The zero-order valence-corrected chi connectivity index (χ0v) is 13.5. The van der Waals surface area contributed by atoms with Crippen molar-refractivity contribution in [1.29, 1.82) is 0 Å². The first-order valence-corrected chi connectivity index (χ1v) is 8.37. The highest BCUT2D eigenvalue weighted by Gasteiger charge is 2.33. The van der Waals surface area contributed by atoms with Crippen LogP contribution in [0.4, 0.5) is 0 Å². The predicted molar refractivity (Wildman–Crippen MR) is 81.3 cm³/mol. The number of amides is 1. The van der Waals surface area contributed by atoms with Gasteiger partial charge in [-0.15, -0.1) is 11.3 Å². The fraction of sp³-hybridized carbons (Fsp3) is 0.643. The van der Waals surface area contributed by atoms with Gasteiger partial charge >= 0.3 is 0 Å². The first-order valence-electron chi connectivity index (χ1n) is 6.76. The van der Waals surface area contributed by atoms with Gasteiger partial charge in [-0.25, -0.2) is 0 Å². The lowest BCUT2D eigenvalue weighted by molar-refractivity contribution is -0.133. The third-order valence-electron chi connectivity index (χ3n) is 3.83. The summed E-state index contributed by atoms with van der Waals surface area (Å²) >= 11 is 5.18. The number of likely N-dealkylation sites (tertiary alicyclic amines) is 1. The third kappa shape index (κ3) is 3.80. The number of aryl methyl sites for hydroxylation is 1. The molecule has 1 aromatic heterocycles. The van der Waals surface area contributed by atoms with Gasteiger partial charge in [0, 0.05) is 17.8 Å². The second kappa shape index (κ2) is 6.86. The van der Waals surface area contributed by atoms with E-state index in [1.165, 1.54) is 4.88 Å². The summed E-state index contributed by atoms with van der Waals surface area (Å²) in [5.41, 5.74) is 0. The summed E-state index contributed by atoms with van der Waals surface area (Å²) in [5, 5.41) is 9.36. The topological polar surface area (TPSA) is 40.5 Å². The van der Waals surface area contributed by atoms with Crippen molar-refractivity contribution >= 4 is 33.2 Å². The molecule has 3 nitrogen and oxygen atoms in total. The molecule has 1 aliphatic rings. The highest BCUT2D eigenvalue weighted by atomic mass is 79.9. The Labute approximate surface area is 126 Å². The molecule has 1 fully saturated rings. The maximum absolute atomic E-state index is 12.2. The van der Waals surface area contributed by atoms with Gasteiger partial charge in [-0.2, -0.15) is 0 Å². The van der Waals surface area contributed by atoms with Gasteiger partial charge in [-0.3, -0.25) is 4.79 Å². The number of nitrogens with zero attached hydrogens (tertiary/aromatic N) is 1. The lowest BCUT2D eigenvalue weighted by Crippen LogP contribution is -2.39. The second-order valence-corrected chi connectivity index (χ2v) is 7.71. The second-order valence-electron chi connectivity index (χ2n) is 5.16. The summed E-state index contributed by atoms with van der Waals surface area (Å²) in [4.78, 5) is 15.3. The summed E-state index contributed by atoms with van der Waals surface area (Å²) in [6.45, 7) is 3.00. The van der Waals surface area contributed by atoms with Gasteiger partial charge < -0.3 is 10.0 Å². The van der Waals surface area contributed by atoms with E-state index in [-0.39, 0.29) is 18.6 Å². The van der Waals surface area contributed by atoms with Crippen LogP contribution in [0.5, 0.6) is 0 Å². The Morgan fingerprint density at radius 3 is 3.00 bits per heavy atom. The van der Waals surface area contributed by atoms with Crippen molar-refractivity contribution in [2.45, 2.75) is 38.6 Å². The molecule has 106 valence electrons. The highest BCUT2D eigenvalue weighted by Crippen LogP contribution is 2.26. The van der Waals surface area contributed by atoms with Crippen molar-refractivity contribution < 1.29 is 9.90 Å². The lowest BCUT2D eigenvalue weighted by atomic mass is 10.0. The van der Waals surface area contributed by atoms with Crippen LogP contribution < -0.4 is 0 Å². The van der Waals surface area contributed by atoms with E-state index in [1.54, 1.807) is 11.3 Å². The molecule has 0 spiro atoms. The van der Waals surface area contributed by atoms with E-state index in [4.69, 9.17) is 0 Å². The molecule has 19 heavy (non-hydrogen) atoms. The minimum Gasteiger partial charge on any atom is -0.394 e. The van der Waals surface area contributed by atoms with Crippen LogP contribution in [0.1, 0.15) is 31.1 Å². The van der Waals surface area contributed by atoms with Gasteiger partial charge in [-0.1, -0.05) is 6.92 Å². The number of hydrogen-bond acceptors (Lipinski definition) is 3. The molecule has 0 radical (unpaired) electrons. The Morgan fingerprint density at radius 1 is 1.58 bits per heavy atom. The van der Waals surface area contributed by atoms with Gasteiger partial charge in [0.05, 0.1) is 16.4 Å². The Morgan fingerprint density at radius 2 is 2.37 bits per heavy atom. The summed E-state index contributed by atoms with van der Waals surface area (Å²) in [7, 11) is 0. The highest BCUT2D eigenvalue weighted by molar-refractivity contribution is 9.11. The van der Waals surface area contributed by atoms with Crippen LogP contribution in [0.2, 0.25) is 0 Å². The SMILES string of the molecule is CC1CCN(C(=O)CCCc2ccc(Br)s2)C1CO. The molecule has 2 unspecified atom stereocenters. The lowest BCUT2D eigenvalue weighted by Gasteiger charge is -2.25. The number of hydrogen-bond donors (Lipinski definition) is 1. The average Bonchev–Trinajstić information content (AvgIpc) is 2.95. The quantitative estimate of drug-likeness (QED) is 0.890. The molecule has 0 aromatic carbocycles. The fourth-order valence-corrected chi connectivity index (χ4v) is 4.16. The molecule has 0 bridgehead atoms. The zero-order chi connectivity index (χ0) is 13.8. The molecule has 0 saturated carbocycles. The Kier molecular flexibility index (Phi) is 5.42. The summed E-state index contributed by atoms with van der Waals surface area (Å²) < 4.78 is 1.14. The van der Waals surface area contributed by atoms with Crippen LogP contribution in [0.15, 0.2) is 15.9 Å². The molecule has 1 aliphatic heterocycles. The number of halogens is 1. The van der Waals surface area contributed by atoms with Crippen molar-refractivity contribution in [2.24, 2.45) is 5.92 Å². The monoisotopic (exact) mass is 345 g/mol. The van der Waals surface area contributed by atoms with E-state index in [0.717, 1.165) is 29.6 Å². The van der Waals surface area contributed by atoms with Gasteiger partial charge in [0.1, 0.15) is 0 Å². The largest absolute Gasteiger partial charge is 0.394 e. The molecule has 1 N–H and O–H groups in total. The van der Waals surface area contributed by atoms with E-state index in [2.05, 4.69) is 28.9 Å².